The Bertz CT molecular complexity index is 1460. The highest BCUT2D eigenvalue weighted by molar-refractivity contribution is 7.89. The van der Waals surface area contributed by atoms with Gasteiger partial charge in [-0.3, -0.25) is 9.78 Å². The molecule has 2 aromatic carbocycles. The summed E-state index contributed by atoms with van der Waals surface area (Å²) >= 11 is 12.6. The van der Waals surface area contributed by atoms with Crippen LogP contribution in [0, 0.1) is 0 Å². The highest BCUT2D eigenvalue weighted by Crippen LogP contribution is 2.35. The molecule has 1 aromatic heterocycles. The molecule has 1 aliphatic carbocycles. The quantitative estimate of drug-likeness (QED) is 0.388. The van der Waals surface area contributed by atoms with Gasteiger partial charge in [-0.2, -0.15) is 9.78 Å². The fourth-order valence-electron chi connectivity index (χ4n) is 4.05. The Balaban J connectivity index is 1.46. The van der Waals surface area contributed by atoms with Gasteiger partial charge in [-0.15, -0.1) is 0 Å². The van der Waals surface area contributed by atoms with Gasteiger partial charge in [-0.1, -0.05) is 48.5 Å². The van der Waals surface area contributed by atoms with Crippen LogP contribution < -0.4 is 20.7 Å². The minimum absolute atomic E-state index is 0.107. The van der Waals surface area contributed by atoms with E-state index in [9.17, 15) is 23.1 Å². The molecule has 1 fully saturated rings. The number of phenols is 1. The number of H-pyrrole nitrogens is 1. The van der Waals surface area contributed by atoms with Crippen LogP contribution in [-0.2, 0) is 16.4 Å². The van der Waals surface area contributed by atoms with Crippen LogP contribution in [0.4, 0.5) is 0 Å². The average molecular weight is 555 g/mol. The normalized spacial score (nSPS) is 14.6. The molecule has 13 heteroatoms. The first-order valence-electron chi connectivity index (χ1n) is 11.3. The number of hydrogen-bond acceptors (Lipinski definition) is 7. The predicted octanol–water partition coefficient (Wildman–Crippen LogP) is 3.17. The predicted molar refractivity (Wildman–Crippen MR) is 135 cm³/mol. The molecule has 1 heterocycles. The van der Waals surface area contributed by atoms with Gasteiger partial charge in [-0.25, -0.2) is 17.9 Å². The lowest BCUT2D eigenvalue weighted by atomic mass is 9.96. The zero-order valence-corrected chi connectivity index (χ0v) is 21.4. The molecule has 10 nitrogen and oxygen atoms in total. The topological polar surface area (TPSA) is 143 Å². The van der Waals surface area contributed by atoms with E-state index in [-0.39, 0.29) is 44.8 Å². The summed E-state index contributed by atoms with van der Waals surface area (Å²) in [7, 11) is -3.88. The van der Waals surface area contributed by atoms with Crippen molar-refractivity contribution in [1.82, 2.24) is 19.5 Å². The fraction of sp³-hybridized carbons (Fsp3) is 0.348. The first-order chi connectivity index (χ1) is 17.1. The number of hydrogen-bond donors (Lipinski definition) is 3. The molecule has 192 valence electrons. The second kappa shape index (κ2) is 11.0. The monoisotopic (exact) mass is 554 g/mol. The molecule has 36 heavy (non-hydrogen) atoms. The molecule has 0 atom stereocenters. The molecule has 0 radical (unpaired) electrons. The Labute approximate surface area is 216 Å². The van der Waals surface area contributed by atoms with Crippen LogP contribution in [0.3, 0.4) is 0 Å². The third-order valence-corrected chi connectivity index (χ3v) is 7.93. The van der Waals surface area contributed by atoms with Crippen LogP contribution in [0.2, 0.25) is 10.0 Å². The number of aromatic nitrogens is 3. The Hall–Kier alpha value is -2.86. The molecule has 3 aromatic rings. The average Bonchev–Trinajstić information content (AvgIpc) is 2.82. The van der Waals surface area contributed by atoms with Crippen LogP contribution in [0.15, 0.2) is 51.0 Å². The number of benzene rings is 2. The van der Waals surface area contributed by atoms with E-state index in [4.69, 9.17) is 27.9 Å². The minimum atomic E-state index is -3.88. The van der Waals surface area contributed by atoms with E-state index in [1.165, 1.54) is 24.3 Å². The maximum Gasteiger partial charge on any atom is 0.349 e. The van der Waals surface area contributed by atoms with E-state index in [0.29, 0.717) is 12.0 Å². The Morgan fingerprint density at radius 3 is 2.47 bits per heavy atom. The number of ether oxygens (including phenoxy) is 1. The van der Waals surface area contributed by atoms with Crippen molar-refractivity contribution in [2.75, 3.05) is 6.61 Å². The molecule has 0 unspecified atom stereocenters. The highest BCUT2D eigenvalue weighted by Gasteiger charge is 2.24. The zero-order chi connectivity index (χ0) is 25.9. The Morgan fingerprint density at radius 1 is 1.11 bits per heavy atom. The van der Waals surface area contributed by atoms with Gasteiger partial charge >= 0.3 is 5.69 Å². The largest absolute Gasteiger partial charge is 0.507 e. The highest BCUT2D eigenvalue weighted by atomic mass is 35.5. The first-order valence-corrected chi connectivity index (χ1v) is 13.5. The number of halogens is 2. The van der Waals surface area contributed by atoms with Crippen molar-refractivity contribution in [3.05, 3.63) is 73.0 Å². The number of nitrogens with zero attached hydrogens (tertiary/aromatic N) is 2. The second-order valence-corrected chi connectivity index (χ2v) is 10.9. The van der Waals surface area contributed by atoms with Gasteiger partial charge in [0.05, 0.1) is 22.3 Å². The summed E-state index contributed by atoms with van der Waals surface area (Å²) in [5.41, 5.74) is -0.523. The smallest absolute Gasteiger partial charge is 0.349 e. The maximum absolute atomic E-state index is 12.9. The van der Waals surface area contributed by atoms with Crippen molar-refractivity contribution < 1.29 is 18.3 Å². The number of aromatic amines is 1. The van der Waals surface area contributed by atoms with Crippen LogP contribution in [-0.4, -0.2) is 40.9 Å². The number of sulfonamides is 1. The molecule has 0 amide bonds. The van der Waals surface area contributed by atoms with Crippen LogP contribution >= 0.6 is 23.2 Å². The summed E-state index contributed by atoms with van der Waals surface area (Å²) in [4.78, 5) is 25.1. The van der Waals surface area contributed by atoms with Crippen molar-refractivity contribution >= 4 is 33.2 Å². The molecule has 3 N–H and O–H groups in total. The third-order valence-electron chi connectivity index (χ3n) is 5.82. The number of phenolic OH excluding ortho intramolecular Hbond substituents is 1. The van der Waals surface area contributed by atoms with E-state index < -0.39 is 21.3 Å². The Morgan fingerprint density at radius 2 is 1.81 bits per heavy atom. The lowest BCUT2D eigenvalue weighted by Gasteiger charge is -2.23. The summed E-state index contributed by atoms with van der Waals surface area (Å²) in [5, 5.41) is 14.2. The molecule has 0 bridgehead atoms. The molecule has 1 saturated carbocycles. The molecule has 0 spiro atoms. The molecule has 0 aliphatic heterocycles. The van der Waals surface area contributed by atoms with Crippen molar-refractivity contribution in [3.63, 3.8) is 0 Å². The van der Waals surface area contributed by atoms with Gasteiger partial charge in [0.25, 0.3) is 5.56 Å². The van der Waals surface area contributed by atoms with Crippen LogP contribution in [0.5, 0.6) is 11.5 Å². The summed E-state index contributed by atoms with van der Waals surface area (Å²) in [6.45, 7) is 0.107. The van der Waals surface area contributed by atoms with Gasteiger partial charge in [0.15, 0.2) is 5.75 Å². The molecule has 1 aliphatic rings. The van der Waals surface area contributed by atoms with E-state index >= 15 is 0 Å². The van der Waals surface area contributed by atoms with E-state index in [1.807, 2.05) is 0 Å². The standard InChI is InChI=1S/C23H24Cl2N4O6S/c24-17-11-16(29-23(32)27-21(31)13-26-29)12-18(25)22(17)35-9-8-14-6-7-19(30)20(10-14)36(33,34)28-15-4-2-1-3-5-15/h6-7,10-13,15,28,30H,1-5,8-9H2,(H,27,31,32). The van der Waals surface area contributed by atoms with Gasteiger partial charge in [0, 0.05) is 12.5 Å². The summed E-state index contributed by atoms with van der Waals surface area (Å²) < 4.78 is 35.1. The maximum atomic E-state index is 12.9. The van der Waals surface area contributed by atoms with Gasteiger partial charge < -0.3 is 9.84 Å². The molecular formula is C23H24Cl2N4O6S. The van der Waals surface area contributed by atoms with Gasteiger partial charge in [0.2, 0.25) is 10.0 Å². The second-order valence-electron chi connectivity index (χ2n) is 8.45. The summed E-state index contributed by atoms with van der Waals surface area (Å²) in [5.74, 6) is -0.152. The number of nitrogens with one attached hydrogen (secondary N) is 2. The Kier molecular flexibility index (Phi) is 8.04. The summed E-state index contributed by atoms with van der Waals surface area (Å²) in [6, 6.07) is 7.07. The fourth-order valence-corrected chi connectivity index (χ4v) is 6.08. The van der Waals surface area contributed by atoms with Crippen molar-refractivity contribution in [3.8, 4) is 17.2 Å². The number of rotatable bonds is 8. The van der Waals surface area contributed by atoms with Crippen molar-refractivity contribution in [2.45, 2.75) is 49.5 Å². The lowest BCUT2D eigenvalue weighted by molar-refractivity contribution is 0.322. The molecule has 4 rings (SSSR count). The SMILES string of the molecule is O=c1cnn(-c2cc(Cl)c(OCCc3ccc(O)c(S(=O)(=O)NC4CCCCC4)c3)c(Cl)c2)c(=O)[nH]1. The van der Waals surface area contributed by atoms with Crippen molar-refractivity contribution in [2.24, 2.45) is 0 Å². The lowest BCUT2D eigenvalue weighted by Crippen LogP contribution is -2.36. The molecule has 0 saturated heterocycles. The molecular weight excluding hydrogens is 531 g/mol. The van der Waals surface area contributed by atoms with Crippen LogP contribution in [0.1, 0.15) is 37.7 Å². The first kappa shape index (κ1) is 26.2. The van der Waals surface area contributed by atoms with Crippen molar-refractivity contribution in [1.29, 1.82) is 0 Å². The van der Waals surface area contributed by atoms with E-state index in [2.05, 4.69) is 14.8 Å². The third kappa shape index (κ3) is 6.09. The van der Waals surface area contributed by atoms with Gasteiger partial charge in [-0.05, 0) is 42.7 Å². The zero-order valence-electron chi connectivity index (χ0n) is 19.0. The summed E-state index contributed by atoms with van der Waals surface area (Å²) in [6.07, 6.45) is 5.85. The minimum Gasteiger partial charge on any atom is -0.507 e. The van der Waals surface area contributed by atoms with Crippen LogP contribution in [0.25, 0.3) is 5.69 Å². The van der Waals surface area contributed by atoms with E-state index in [1.54, 1.807) is 6.07 Å². The number of aromatic hydroxyl groups is 1. The van der Waals surface area contributed by atoms with E-state index in [0.717, 1.165) is 43.0 Å². The van der Waals surface area contributed by atoms with Gasteiger partial charge in [0.1, 0.15) is 16.8 Å².